The molecule has 1 aliphatic rings. The van der Waals surface area contributed by atoms with Crippen molar-refractivity contribution in [2.45, 2.75) is 36.9 Å². The molecule has 0 aromatic rings. The third-order valence-electron chi connectivity index (χ3n) is 2.69. The summed E-state index contributed by atoms with van der Waals surface area (Å²) in [6, 6.07) is 0. The van der Waals surface area contributed by atoms with Crippen LogP contribution in [0.1, 0.15) is 32.1 Å². The average molecular weight is 184 g/mol. The van der Waals surface area contributed by atoms with E-state index in [2.05, 4.69) is 11.6 Å². The van der Waals surface area contributed by atoms with E-state index in [4.69, 9.17) is 5.26 Å². The Kier molecular flexibility index (Phi) is 3.74. The Morgan fingerprint density at radius 2 is 2.08 bits per heavy atom. The van der Waals surface area contributed by atoms with Crippen molar-refractivity contribution in [1.82, 2.24) is 5.32 Å². The zero-order valence-electron chi connectivity index (χ0n) is 7.60. The quantitative estimate of drug-likeness (QED) is 0.539. The molecule has 0 radical (unpaired) electrons. The van der Waals surface area contributed by atoms with Crippen LogP contribution in [0.4, 0.5) is 0 Å². The van der Waals surface area contributed by atoms with E-state index in [1.165, 1.54) is 32.1 Å². The summed E-state index contributed by atoms with van der Waals surface area (Å²) in [7, 11) is 0. The van der Waals surface area contributed by atoms with E-state index < -0.39 is 0 Å². The fraction of sp³-hybridized carbons (Fsp3) is 0.889. The summed E-state index contributed by atoms with van der Waals surface area (Å²) in [4.78, 5) is 0. The molecule has 1 saturated carbocycles. The molecule has 1 N–H and O–H groups in total. The first-order valence-electron chi connectivity index (χ1n) is 4.50. The van der Waals surface area contributed by atoms with Crippen molar-refractivity contribution in [3.05, 3.63) is 0 Å². The number of nitrogens with one attached hydrogen (secondary N) is 1. The lowest BCUT2D eigenvalue weighted by Crippen LogP contribution is -2.37. The molecule has 0 aliphatic heterocycles. The second-order valence-corrected chi connectivity index (χ2v) is 4.69. The van der Waals surface area contributed by atoms with Crippen molar-refractivity contribution < 1.29 is 0 Å². The maximum absolute atomic E-state index is 8.44. The van der Waals surface area contributed by atoms with Crippen LogP contribution in [0.15, 0.2) is 0 Å². The van der Waals surface area contributed by atoms with Gasteiger partial charge in [0.15, 0.2) is 6.19 Å². The van der Waals surface area contributed by atoms with E-state index in [1.807, 2.05) is 18.0 Å². The Hall–Kier alpha value is -0.360. The molecular weight excluding hydrogens is 168 g/mol. The zero-order chi connectivity index (χ0) is 8.86. The van der Waals surface area contributed by atoms with Gasteiger partial charge < -0.3 is 5.32 Å². The first-order chi connectivity index (χ1) is 5.83. The minimum absolute atomic E-state index is 0.355. The van der Waals surface area contributed by atoms with Gasteiger partial charge in [-0.2, -0.15) is 17.0 Å². The Balaban J connectivity index is 2.43. The summed E-state index contributed by atoms with van der Waals surface area (Å²) in [6.07, 6.45) is 10.7. The normalized spacial score (nSPS) is 21.3. The van der Waals surface area contributed by atoms with Gasteiger partial charge in [0.05, 0.1) is 0 Å². The molecule has 0 atom stereocenters. The lowest BCUT2D eigenvalue weighted by atomic mass is 9.88. The largest absolute Gasteiger partial charge is 0.322 e. The molecule has 0 unspecified atom stereocenters. The highest BCUT2D eigenvalue weighted by atomic mass is 32.2. The van der Waals surface area contributed by atoms with Crippen LogP contribution in [-0.4, -0.2) is 17.5 Å². The number of nitriles is 1. The average Bonchev–Trinajstić information content (AvgIpc) is 2.16. The molecule has 1 fully saturated rings. The van der Waals surface area contributed by atoms with E-state index in [0.717, 1.165) is 6.54 Å². The second-order valence-electron chi connectivity index (χ2n) is 3.41. The van der Waals surface area contributed by atoms with E-state index in [1.54, 1.807) is 0 Å². The van der Waals surface area contributed by atoms with Gasteiger partial charge in [0.2, 0.25) is 0 Å². The zero-order valence-corrected chi connectivity index (χ0v) is 8.41. The summed E-state index contributed by atoms with van der Waals surface area (Å²) in [6.45, 7) is 0.852. The van der Waals surface area contributed by atoms with Crippen LogP contribution >= 0.6 is 11.8 Å². The van der Waals surface area contributed by atoms with E-state index in [0.29, 0.717) is 4.75 Å². The van der Waals surface area contributed by atoms with Gasteiger partial charge in [-0.1, -0.05) is 19.3 Å². The monoisotopic (exact) mass is 184 g/mol. The van der Waals surface area contributed by atoms with Crippen molar-refractivity contribution in [3.63, 3.8) is 0 Å². The van der Waals surface area contributed by atoms with Gasteiger partial charge in [-0.3, -0.25) is 0 Å². The highest BCUT2D eigenvalue weighted by Crippen LogP contribution is 2.37. The van der Waals surface area contributed by atoms with Gasteiger partial charge in [0.1, 0.15) is 0 Å². The third-order valence-corrected chi connectivity index (χ3v) is 4.11. The predicted octanol–water partition coefficient (Wildman–Crippen LogP) is 2.12. The van der Waals surface area contributed by atoms with Crippen LogP contribution < -0.4 is 5.32 Å². The Morgan fingerprint density at radius 1 is 1.42 bits per heavy atom. The number of hydrogen-bond acceptors (Lipinski definition) is 3. The summed E-state index contributed by atoms with van der Waals surface area (Å²) in [5.74, 6) is 0. The lowest BCUT2D eigenvalue weighted by molar-refractivity contribution is 0.393. The number of nitrogens with zero attached hydrogens (tertiary/aromatic N) is 1. The first kappa shape index (κ1) is 9.73. The Labute approximate surface area is 78.7 Å². The van der Waals surface area contributed by atoms with Crippen LogP contribution in [0.5, 0.6) is 0 Å². The SMILES string of the molecule is CSC1(CNC#N)CCCCC1. The van der Waals surface area contributed by atoms with Crippen LogP contribution in [0, 0.1) is 11.5 Å². The van der Waals surface area contributed by atoms with E-state index in [-0.39, 0.29) is 0 Å². The van der Waals surface area contributed by atoms with Crippen molar-refractivity contribution >= 4 is 11.8 Å². The Bertz CT molecular complexity index is 168. The predicted molar refractivity (Wildman–Crippen MR) is 52.9 cm³/mol. The number of hydrogen-bond donors (Lipinski definition) is 1. The van der Waals surface area contributed by atoms with Gasteiger partial charge in [-0.15, -0.1) is 0 Å². The minimum Gasteiger partial charge on any atom is -0.322 e. The molecule has 0 heterocycles. The highest BCUT2D eigenvalue weighted by molar-refractivity contribution is 8.00. The first-order valence-corrected chi connectivity index (χ1v) is 5.72. The summed E-state index contributed by atoms with van der Waals surface area (Å²) >= 11 is 1.92. The molecule has 1 aliphatic carbocycles. The standard InChI is InChI=1S/C9H16N2S/c1-12-9(7-11-8-10)5-3-2-4-6-9/h11H,2-7H2,1H3. The molecule has 2 nitrogen and oxygen atoms in total. The minimum atomic E-state index is 0.355. The fourth-order valence-corrected chi connectivity index (χ4v) is 2.76. The van der Waals surface area contributed by atoms with Gasteiger partial charge in [-0.05, 0) is 19.1 Å². The lowest BCUT2D eigenvalue weighted by Gasteiger charge is -2.35. The van der Waals surface area contributed by atoms with Crippen molar-refractivity contribution in [3.8, 4) is 6.19 Å². The molecule has 1 rings (SSSR count). The highest BCUT2D eigenvalue weighted by Gasteiger charge is 2.30. The summed E-state index contributed by atoms with van der Waals surface area (Å²) in [5, 5.41) is 11.2. The third kappa shape index (κ3) is 2.31. The second kappa shape index (κ2) is 4.61. The van der Waals surface area contributed by atoms with Gasteiger partial charge in [0, 0.05) is 11.3 Å². The molecule has 12 heavy (non-hydrogen) atoms. The van der Waals surface area contributed by atoms with Crippen molar-refractivity contribution in [2.24, 2.45) is 0 Å². The summed E-state index contributed by atoms with van der Waals surface area (Å²) < 4.78 is 0.355. The molecular formula is C9H16N2S. The maximum atomic E-state index is 8.44. The molecule has 68 valence electrons. The fourth-order valence-electron chi connectivity index (χ4n) is 1.85. The number of rotatable bonds is 3. The van der Waals surface area contributed by atoms with Crippen LogP contribution in [-0.2, 0) is 0 Å². The molecule has 0 bridgehead atoms. The van der Waals surface area contributed by atoms with Crippen LogP contribution in [0.2, 0.25) is 0 Å². The Morgan fingerprint density at radius 3 is 2.58 bits per heavy atom. The molecule has 0 aromatic heterocycles. The molecule has 0 spiro atoms. The molecule has 0 saturated heterocycles. The van der Waals surface area contributed by atoms with Crippen molar-refractivity contribution in [2.75, 3.05) is 12.8 Å². The van der Waals surface area contributed by atoms with Crippen LogP contribution in [0.25, 0.3) is 0 Å². The molecule has 0 amide bonds. The summed E-state index contributed by atoms with van der Waals surface area (Å²) in [5.41, 5.74) is 0. The molecule has 0 aromatic carbocycles. The van der Waals surface area contributed by atoms with Gasteiger partial charge >= 0.3 is 0 Å². The smallest absolute Gasteiger partial charge is 0.176 e. The van der Waals surface area contributed by atoms with Crippen molar-refractivity contribution in [1.29, 1.82) is 5.26 Å². The number of thioether (sulfide) groups is 1. The van der Waals surface area contributed by atoms with Crippen LogP contribution in [0.3, 0.4) is 0 Å². The van der Waals surface area contributed by atoms with E-state index in [9.17, 15) is 0 Å². The van der Waals surface area contributed by atoms with Gasteiger partial charge in [-0.25, -0.2) is 0 Å². The van der Waals surface area contributed by atoms with Gasteiger partial charge in [0.25, 0.3) is 0 Å². The topological polar surface area (TPSA) is 35.8 Å². The maximum Gasteiger partial charge on any atom is 0.176 e. The van der Waals surface area contributed by atoms with E-state index >= 15 is 0 Å². The molecule has 3 heteroatoms.